The Morgan fingerprint density at radius 3 is 1.91 bits per heavy atom. The van der Waals surface area contributed by atoms with Crippen LogP contribution < -0.4 is 0 Å². The van der Waals surface area contributed by atoms with Crippen molar-refractivity contribution in [3.63, 3.8) is 0 Å². The quantitative estimate of drug-likeness (QED) is 0.353. The molecule has 0 fully saturated rings. The summed E-state index contributed by atoms with van der Waals surface area (Å²) < 4.78 is 22.7. The second-order valence-electron chi connectivity index (χ2n) is 6.43. The highest BCUT2D eigenvalue weighted by molar-refractivity contribution is 7.99. The van der Waals surface area contributed by atoms with Crippen molar-refractivity contribution in [1.82, 2.24) is 0 Å². The van der Waals surface area contributed by atoms with Crippen LogP contribution in [0.15, 0.2) is 12.3 Å². The Kier molecular flexibility index (Phi) is 10.7. The van der Waals surface area contributed by atoms with Gasteiger partial charge in [0.2, 0.25) is 0 Å². The van der Waals surface area contributed by atoms with E-state index >= 15 is 0 Å². The number of rotatable bonds is 13. The van der Waals surface area contributed by atoms with Crippen molar-refractivity contribution >= 4 is 37.2 Å². The van der Waals surface area contributed by atoms with Crippen molar-refractivity contribution in [3.8, 4) is 0 Å². The Bertz CT molecular complexity index is 315. The molecule has 0 bridgehead atoms. The SMILES string of the molecule is C=C[Si](C)(C)O[Si](C)(C)CCSCCC[Si](OC)(OC)OC. The molecule has 0 aromatic carbocycles. The van der Waals surface area contributed by atoms with Crippen LogP contribution in [0, 0.1) is 0 Å². The summed E-state index contributed by atoms with van der Waals surface area (Å²) in [6, 6.07) is 2.06. The number of thioether (sulfide) groups is 1. The summed E-state index contributed by atoms with van der Waals surface area (Å²) in [6.07, 6.45) is 1.06. The van der Waals surface area contributed by atoms with E-state index < -0.39 is 25.4 Å². The van der Waals surface area contributed by atoms with Gasteiger partial charge in [-0.1, -0.05) is 5.70 Å². The van der Waals surface area contributed by atoms with Crippen LogP contribution in [0.1, 0.15) is 6.42 Å². The van der Waals surface area contributed by atoms with Crippen molar-refractivity contribution in [2.75, 3.05) is 32.8 Å². The molecule has 0 aliphatic heterocycles. The van der Waals surface area contributed by atoms with Gasteiger partial charge in [-0.3, -0.25) is 0 Å². The molecule has 0 N–H and O–H groups in total. The van der Waals surface area contributed by atoms with E-state index in [0.717, 1.165) is 24.0 Å². The lowest BCUT2D eigenvalue weighted by molar-refractivity contribution is 0.123. The maximum Gasteiger partial charge on any atom is 0.500 e. The van der Waals surface area contributed by atoms with E-state index in [9.17, 15) is 0 Å². The number of hydrogen-bond acceptors (Lipinski definition) is 5. The van der Waals surface area contributed by atoms with E-state index in [2.05, 4.69) is 32.8 Å². The van der Waals surface area contributed by atoms with Crippen molar-refractivity contribution in [2.24, 2.45) is 0 Å². The van der Waals surface area contributed by atoms with E-state index in [1.165, 1.54) is 6.04 Å². The molecule has 0 saturated heterocycles. The van der Waals surface area contributed by atoms with Crippen LogP contribution in [0.5, 0.6) is 0 Å². The fraction of sp³-hybridized carbons (Fsp3) is 0.857. The third-order valence-electron chi connectivity index (χ3n) is 3.58. The first-order valence-electron chi connectivity index (χ1n) is 7.73. The molecule has 0 spiro atoms. The van der Waals surface area contributed by atoms with Crippen LogP contribution in [-0.2, 0) is 17.4 Å². The van der Waals surface area contributed by atoms with Crippen LogP contribution in [0.4, 0.5) is 0 Å². The molecule has 0 radical (unpaired) electrons. The molecule has 22 heavy (non-hydrogen) atoms. The first kappa shape index (κ1) is 22.6. The largest absolute Gasteiger partial charge is 0.500 e. The van der Waals surface area contributed by atoms with Crippen LogP contribution in [0.2, 0.25) is 38.3 Å². The smallest absolute Gasteiger partial charge is 0.453 e. The first-order chi connectivity index (χ1) is 10.2. The summed E-state index contributed by atoms with van der Waals surface area (Å²) in [5.74, 6) is 2.26. The second kappa shape index (κ2) is 10.4. The summed E-state index contributed by atoms with van der Waals surface area (Å²) in [6.45, 7) is 13.0. The van der Waals surface area contributed by atoms with Gasteiger partial charge < -0.3 is 17.4 Å². The molecule has 0 unspecified atom stereocenters. The molecule has 0 amide bonds. The fourth-order valence-corrected chi connectivity index (χ4v) is 13.7. The maximum absolute atomic E-state index is 6.38. The van der Waals surface area contributed by atoms with Gasteiger partial charge in [0, 0.05) is 27.4 Å². The summed E-state index contributed by atoms with van der Waals surface area (Å²) in [5.41, 5.74) is 2.03. The third kappa shape index (κ3) is 9.02. The van der Waals surface area contributed by atoms with Crippen molar-refractivity contribution in [2.45, 2.75) is 44.7 Å². The zero-order chi connectivity index (χ0) is 17.3. The summed E-state index contributed by atoms with van der Waals surface area (Å²) in [5, 5.41) is 0. The summed E-state index contributed by atoms with van der Waals surface area (Å²) >= 11 is 1.99. The third-order valence-corrected chi connectivity index (χ3v) is 14.6. The lowest BCUT2D eigenvalue weighted by Crippen LogP contribution is -2.43. The van der Waals surface area contributed by atoms with E-state index in [4.69, 9.17) is 17.4 Å². The van der Waals surface area contributed by atoms with Gasteiger partial charge in [0.15, 0.2) is 16.6 Å². The van der Waals surface area contributed by atoms with Gasteiger partial charge in [0.05, 0.1) is 0 Å². The summed E-state index contributed by atoms with van der Waals surface area (Å²) in [4.78, 5) is 0. The molecule has 0 aromatic rings. The molecule has 0 atom stereocenters. The second-order valence-corrected chi connectivity index (χ2v) is 19.2. The minimum atomic E-state index is -2.39. The molecule has 132 valence electrons. The molecule has 0 rings (SSSR count). The van der Waals surface area contributed by atoms with Crippen LogP contribution >= 0.6 is 11.8 Å². The van der Waals surface area contributed by atoms with E-state index in [-0.39, 0.29) is 0 Å². The van der Waals surface area contributed by atoms with Crippen LogP contribution in [0.3, 0.4) is 0 Å². The lowest BCUT2D eigenvalue weighted by atomic mass is 10.6. The normalized spacial score (nSPS) is 13.4. The predicted octanol–water partition coefficient (Wildman–Crippen LogP) is 4.14. The highest BCUT2D eigenvalue weighted by Crippen LogP contribution is 2.22. The highest BCUT2D eigenvalue weighted by atomic mass is 32.2. The fourth-order valence-electron chi connectivity index (χ4n) is 2.17. The molecule has 8 heteroatoms. The molecule has 0 heterocycles. The van der Waals surface area contributed by atoms with Gasteiger partial charge in [-0.25, -0.2) is 0 Å². The van der Waals surface area contributed by atoms with Crippen LogP contribution in [-0.4, -0.2) is 58.3 Å². The lowest BCUT2D eigenvalue weighted by Gasteiger charge is -2.31. The first-order valence-corrected chi connectivity index (χ1v) is 16.9. The Balaban J connectivity index is 3.96. The van der Waals surface area contributed by atoms with Gasteiger partial charge in [-0.2, -0.15) is 11.8 Å². The summed E-state index contributed by atoms with van der Waals surface area (Å²) in [7, 11) is -0.605. The van der Waals surface area contributed by atoms with Gasteiger partial charge >= 0.3 is 8.80 Å². The Labute approximate surface area is 144 Å². The Hall–Kier alpha value is 0.581. The average molecular weight is 383 g/mol. The zero-order valence-electron chi connectivity index (χ0n) is 15.4. The molecule has 0 aromatic heterocycles. The van der Waals surface area contributed by atoms with Crippen molar-refractivity contribution < 1.29 is 17.4 Å². The van der Waals surface area contributed by atoms with E-state index in [1.54, 1.807) is 21.3 Å². The minimum Gasteiger partial charge on any atom is -0.453 e. The topological polar surface area (TPSA) is 36.9 Å². The zero-order valence-corrected chi connectivity index (χ0v) is 19.2. The van der Waals surface area contributed by atoms with Gasteiger partial charge in [-0.15, -0.1) is 6.58 Å². The number of hydrogen-bond donors (Lipinski definition) is 0. The average Bonchev–Trinajstić information content (AvgIpc) is 2.46. The van der Waals surface area contributed by atoms with Crippen molar-refractivity contribution in [3.05, 3.63) is 12.3 Å². The van der Waals surface area contributed by atoms with Crippen molar-refractivity contribution in [1.29, 1.82) is 0 Å². The Morgan fingerprint density at radius 1 is 0.909 bits per heavy atom. The van der Waals surface area contributed by atoms with Gasteiger partial charge in [-0.05, 0) is 50.2 Å². The molecular formula is C14H34O4SSi3. The van der Waals surface area contributed by atoms with E-state index in [0.29, 0.717) is 0 Å². The van der Waals surface area contributed by atoms with Gasteiger partial charge in [0.25, 0.3) is 0 Å². The molecular weight excluding hydrogens is 348 g/mol. The maximum atomic E-state index is 6.38. The molecule has 0 aliphatic rings. The monoisotopic (exact) mass is 382 g/mol. The standard InChI is InChI=1S/C14H34O4SSi3/c1-9-20(5,6)18-21(7,8)14-12-19-11-10-13-22(15-2,16-3)17-4/h9H,1,10-14H2,2-8H3. The molecule has 0 saturated carbocycles. The minimum absolute atomic E-state index is 0.872. The molecule has 0 aliphatic carbocycles. The molecule has 4 nitrogen and oxygen atoms in total. The van der Waals surface area contributed by atoms with Gasteiger partial charge in [0.1, 0.15) is 0 Å². The Morgan fingerprint density at radius 2 is 1.45 bits per heavy atom. The predicted molar refractivity (Wildman–Crippen MR) is 105 cm³/mol. The van der Waals surface area contributed by atoms with Crippen LogP contribution in [0.25, 0.3) is 0 Å². The van der Waals surface area contributed by atoms with E-state index in [1.807, 2.05) is 17.5 Å². The highest BCUT2D eigenvalue weighted by Gasteiger charge is 2.36.